The van der Waals surface area contributed by atoms with Gasteiger partial charge in [0.1, 0.15) is 5.82 Å². The van der Waals surface area contributed by atoms with Gasteiger partial charge in [0, 0.05) is 40.3 Å². The number of alkyl halides is 2. The van der Waals surface area contributed by atoms with Gasteiger partial charge in [-0.15, -0.1) is 24.0 Å². The number of hydrogen-bond donors (Lipinski definition) is 2. The molecule has 1 aliphatic rings. The number of guanidine groups is 1. The molecule has 0 saturated carbocycles. The van der Waals surface area contributed by atoms with E-state index in [0.717, 1.165) is 24.4 Å². The van der Waals surface area contributed by atoms with E-state index in [2.05, 4.69) is 20.6 Å². The molecule has 0 amide bonds. The molecule has 1 aliphatic heterocycles. The van der Waals surface area contributed by atoms with Crippen LogP contribution in [0.15, 0.2) is 23.2 Å². The van der Waals surface area contributed by atoms with Gasteiger partial charge in [0.05, 0.1) is 18.8 Å². The van der Waals surface area contributed by atoms with Crippen molar-refractivity contribution < 1.29 is 8.78 Å². The Bertz CT molecular complexity index is 562. The van der Waals surface area contributed by atoms with Crippen molar-refractivity contribution >= 4 is 35.8 Å². The molecule has 0 bridgehead atoms. The molecule has 148 valence electrons. The van der Waals surface area contributed by atoms with Crippen LogP contribution >= 0.6 is 24.0 Å². The molecule has 26 heavy (non-hydrogen) atoms. The predicted molar refractivity (Wildman–Crippen MR) is 113 cm³/mol. The van der Waals surface area contributed by atoms with Crippen LogP contribution < -0.4 is 15.5 Å². The van der Waals surface area contributed by atoms with Crippen LogP contribution in [0, 0.1) is 0 Å². The number of rotatable bonds is 6. The SMILES string of the molecule is CN=C(NCc1cccc(N(C)C)n1)NC1CCN(CC(F)F)CC1.I. The molecule has 1 fully saturated rings. The molecule has 0 spiro atoms. The fourth-order valence-electron chi connectivity index (χ4n) is 2.83. The number of nitrogens with zero attached hydrogens (tertiary/aromatic N) is 4. The summed E-state index contributed by atoms with van der Waals surface area (Å²) in [4.78, 5) is 12.6. The Hall–Kier alpha value is -1.23. The van der Waals surface area contributed by atoms with Gasteiger partial charge in [-0.05, 0) is 25.0 Å². The van der Waals surface area contributed by atoms with Gasteiger partial charge in [0.15, 0.2) is 5.96 Å². The fraction of sp³-hybridized carbons (Fsp3) is 0.647. The third kappa shape index (κ3) is 7.56. The van der Waals surface area contributed by atoms with Crippen LogP contribution in [-0.4, -0.2) is 69.1 Å². The Labute approximate surface area is 171 Å². The number of pyridine rings is 1. The summed E-state index contributed by atoms with van der Waals surface area (Å²) in [7, 11) is 5.64. The van der Waals surface area contributed by atoms with Crippen molar-refractivity contribution in [2.45, 2.75) is 31.9 Å². The number of aromatic nitrogens is 1. The largest absolute Gasteiger partial charge is 0.363 e. The van der Waals surface area contributed by atoms with E-state index >= 15 is 0 Å². The lowest BCUT2D eigenvalue weighted by Crippen LogP contribution is -2.49. The van der Waals surface area contributed by atoms with Crippen molar-refractivity contribution in [2.75, 3.05) is 45.7 Å². The average Bonchev–Trinajstić information content (AvgIpc) is 2.59. The molecule has 0 atom stereocenters. The molecule has 2 rings (SSSR count). The predicted octanol–water partition coefficient (Wildman–Crippen LogP) is 2.16. The normalized spacial score (nSPS) is 16.3. The van der Waals surface area contributed by atoms with Gasteiger partial charge in [-0.2, -0.15) is 0 Å². The molecular formula is C17H29F2IN6. The zero-order chi connectivity index (χ0) is 18.2. The van der Waals surface area contributed by atoms with E-state index in [9.17, 15) is 8.78 Å². The summed E-state index contributed by atoms with van der Waals surface area (Å²) in [5.74, 6) is 1.62. The van der Waals surface area contributed by atoms with Gasteiger partial charge in [0.25, 0.3) is 6.43 Å². The maximum atomic E-state index is 12.4. The van der Waals surface area contributed by atoms with E-state index in [0.29, 0.717) is 25.6 Å². The van der Waals surface area contributed by atoms with Gasteiger partial charge < -0.3 is 15.5 Å². The third-order valence-electron chi connectivity index (χ3n) is 4.24. The first-order valence-electron chi connectivity index (χ1n) is 8.59. The molecule has 2 heterocycles. The monoisotopic (exact) mass is 482 g/mol. The number of halogens is 3. The summed E-state index contributed by atoms with van der Waals surface area (Å²) in [6.45, 7) is 1.82. The first-order chi connectivity index (χ1) is 12.0. The van der Waals surface area contributed by atoms with E-state index in [4.69, 9.17) is 0 Å². The molecule has 0 aliphatic carbocycles. The lowest BCUT2D eigenvalue weighted by atomic mass is 10.1. The van der Waals surface area contributed by atoms with Crippen LogP contribution in [-0.2, 0) is 6.54 Å². The number of anilines is 1. The molecule has 1 saturated heterocycles. The number of piperidine rings is 1. The molecule has 2 N–H and O–H groups in total. The van der Waals surface area contributed by atoms with Crippen molar-refractivity contribution in [2.24, 2.45) is 4.99 Å². The highest BCUT2D eigenvalue weighted by atomic mass is 127. The Balaban J connectivity index is 0.00000338. The maximum absolute atomic E-state index is 12.4. The van der Waals surface area contributed by atoms with E-state index in [1.807, 2.05) is 42.1 Å². The molecular weight excluding hydrogens is 453 g/mol. The highest BCUT2D eigenvalue weighted by molar-refractivity contribution is 14.0. The highest BCUT2D eigenvalue weighted by Gasteiger charge is 2.21. The second kappa shape index (κ2) is 11.5. The summed E-state index contributed by atoms with van der Waals surface area (Å²) < 4.78 is 24.9. The topological polar surface area (TPSA) is 55.8 Å². The summed E-state index contributed by atoms with van der Waals surface area (Å²) >= 11 is 0. The van der Waals surface area contributed by atoms with Crippen molar-refractivity contribution in [3.63, 3.8) is 0 Å². The lowest BCUT2D eigenvalue weighted by molar-refractivity contribution is 0.0744. The Kier molecular flexibility index (Phi) is 10.1. The smallest absolute Gasteiger partial charge is 0.251 e. The second-order valence-electron chi connectivity index (χ2n) is 6.42. The van der Waals surface area contributed by atoms with Crippen LogP contribution in [0.5, 0.6) is 0 Å². The molecule has 9 heteroatoms. The quantitative estimate of drug-likeness (QED) is 0.370. The molecule has 0 radical (unpaired) electrons. The van der Waals surface area contributed by atoms with Crippen LogP contribution in [0.4, 0.5) is 14.6 Å². The maximum Gasteiger partial charge on any atom is 0.251 e. The standard InChI is InChI=1S/C17H28F2N6.HI/c1-20-17(21-11-14-5-4-6-16(22-14)24(2)3)23-13-7-9-25(10-8-13)12-15(18)19;/h4-6,13,15H,7-12H2,1-3H3,(H2,20,21,23);1H. The fourth-order valence-corrected chi connectivity index (χ4v) is 2.83. The lowest BCUT2D eigenvalue weighted by Gasteiger charge is -2.32. The summed E-state index contributed by atoms with van der Waals surface area (Å²) in [5.41, 5.74) is 0.931. The highest BCUT2D eigenvalue weighted by Crippen LogP contribution is 2.12. The van der Waals surface area contributed by atoms with Crippen molar-refractivity contribution in [1.82, 2.24) is 20.5 Å². The van der Waals surface area contributed by atoms with Crippen molar-refractivity contribution in [3.05, 3.63) is 23.9 Å². The minimum absolute atomic E-state index is 0. The minimum Gasteiger partial charge on any atom is -0.363 e. The first-order valence-corrected chi connectivity index (χ1v) is 8.59. The molecule has 0 aromatic carbocycles. The van der Waals surface area contributed by atoms with Crippen LogP contribution in [0.3, 0.4) is 0 Å². The number of likely N-dealkylation sites (tertiary alicyclic amines) is 1. The van der Waals surface area contributed by atoms with E-state index in [1.165, 1.54) is 0 Å². The van der Waals surface area contributed by atoms with Crippen LogP contribution in [0.25, 0.3) is 0 Å². The summed E-state index contributed by atoms with van der Waals surface area (Å²) in [5, 5.41) is 6.64. The molecule has 1 aromatic heterocycles. The van der Waals surface area contributed by atoms with Gasteiger partial charge in [0.2, 0.25) is 0 Å². The number of nitrogens with one attached hydrogen (secondary N) is 2. The van der Waals surface area contributed by atoms with Crippen molar-refractivity contribution in [1.29, 1.82) is 0 Å². The van der Waals surface area contributed by atoms with E-state index in [1.54, 1.807) is 7.05 Å². The van der Waals surface area contributed by atoms with E-state index < -0.39 is 6.43 Å². The Morgan fingerprint density at radius 1 is 1.35 bits per heavy atom. The zero-order valence-electron chi connectivity index (χ0n) is 15.6. The van der Waals surface area contributed by atoms with Crippen LogP contribution in [0.1, 0.15) is 18.5 Å². The number of aliphatic imine (C=N–C) groups is 1. The Morgan fingerprint density at radius 3 is 2.62 bits per heavy atom. The summed E-state index contributed by atoms with van der Waals surface area (Å²) in [6.07, 6.45) is -0.590. The minimum atomic E-state index is -2.26. The average molecular weight is 482 g/mol. The van der Waals surface area contributed by atoms with Crippen molar-refractivity contribution in [3.8, 4) is 0 Å². The summed E-state index contributed by atoms with van der Waals surface area (Å²) in [6, 6.07) is 6.16. The Morgan fingerprint density at radius 2 is 2.04 bits per heavy atom. The molecule has 1 aromatic rings. The molecule has 0 unspecified atom stereocenters. The number of hydrogen-bond acceptors (Lipinski definition) is 4. The van der Waals surface area contributed by atoms with Gasteiger partial charge in [-0.3, -0.25) is 9.89 Å². The van der Waals surface area contributed by atoms with Gasteiger partial charge >= 0.3 is 0 Å². The zero-order valence-corrected chi connectivity index (χ0v) is 17.9. The third-order valence-corrected chi connectivity index (χ3v) is 4.24. The first kappa shape index (κ1) is 22.8. The van der Waals surface area contributed by atoms with Gasteiger partial charge in [-0.1, -0.05) is 6.07 Å². The van der Waals surface area contributed by atoms with Gasteiger partial charge in [-0.25, -0.2) is 13.8 Å². The van der Waals surface area contributed by atoms with Crippen LogP contribution in [0.2, 0.25) is 0 Å². The van der Waals surface area contributed by atoms with E-state index in [-0.39, 0.29) is 36.6 Å². The second-order valence-corrected chi connectivity index (χ2v) is 6.42. The molecule has 6 nitrogen and oxygen atoms in total.